The Balaban J connectivity index is 1.78. The van der Waals surface area contributed by atoms with Crippen LogP contribution in [0.5, 0.6) is 0 Å². The molecule has 1 fully saturated rings. The van der Waals surface area contributed by atoms with Crippen LogP contribution < -0.4 is 5.73 Å². The third-order valence-electron chi connectivity index (χ3n) is 4.35. The summed E-state index contributed by atoms with van der Waals surface area (Å²) in [5, 5.41) is 0. The van der Waals surface area contributed by atoms with Gasteiger partial charge in [0.05, 0.1) is 0 Å². The molecule has 3 atom stereocenters. The maximum Gasteiger partial charge on any atom is 0.0194 e. The van der Waals surface area contributed by atoms with Gasteiger partial charge in [-0.25, -0.2) is 0 Å². The zero-order chi connectivity index (χ0) is 13.0. The average Bonchev–Trinajstić information content (AvgIpc) is 2.41. The van der Waals surface area contributed by atoms with Crippen LogP contribution in [-0.4, -0.2) is 30.6 Å². The molecule has 2 N–H and O–H groups in total. The fourth-order valence-electron chi connectivity index (χ4n) is 2.70. The van der Waals surface area contributed by atoms with Crippen LogP contribution in [0.15, 0.2) is 30.3 Å². The Kier molecular flexibility index (Phi) is 4.79. The third-order valence-corrected chi connectivity index (χ3v) is 4.35. The van der Waals surface area contributed by atoms with Crippen LogP contribution >= 0.6 is 0 Å². The fraction of sp³-hybridized carbons (Fsp3) is 0.625. The molecular formula is C16H26N2. The van der Waals surface area contributed by atoms with E-state index in [9.17, 15) is 0 Å². The Morgan fingerprint density at radius 2 is 2.06 bits per heavy atom. The van der Waals surface area contributed by atoms with Gasteiger partial charge in [-0.1, -0.05) is 44.2 Å². The minimum Gasteiger partial charge on any atom is -0.326 e. The first-order valence-electron chi connectivity index (χ1n) is 7.19. The second-order valence-corrected chi connectivity index (χ2v) is 5.83. The van der Waals surface area contributed by atoms with Gasteiger partial charge in [0.1, 0.15) is 0 Å². The Labute approximate surface area is 111 Å². The van der Waals surface area contributed by atoms with E-state index in [1.165, 1.54) is 31.5 Å². The zero-order valence-electron chi connectivity index (χ0n) is 11.7. The summed E-state index contributed by atoms with van der Waals surface area (Å²) in [5.41, 5.74) is 7.60. The summed E-state index contributed by atoms with van der Waals surface area (Å²) in [7, 11) is 0. The highest BCUT2D eigenvalue weighted by Gasteiger charge is 2.22. The monoisotopic (exact) mass is 246 g/mol. The van der Waals surface area contributed by atoms with Crippen molar-refractivity contribution in [2.24, 2.45) is 11.7 Å². The van der Waals surface area contributed by atoms with E-state index in [0.717, 1.165) is 6.54 Å². The molecule has 2 rings (SSSR count). The van der Waals surface area contributed by atoms with E-state index < -0.39 is 0 Å². The lowest BCUT2D eigenvalue weighted by Gasteiger charge is -2.35. The molecule has 0 radical (unpaired) electrons. The number of piperidine rings is 1. The molecule has 2 heteroatoms. The minimum atomic E-state index is 0.366. The van der Waals surface area contributed by atoms with Crippen LogP contribution in [0.2, 0.25) is 0 Å². The van der Waals surface area contributed by atoms with Crippen molar-refractivity contribution < 1.29 is 0 Å². The number of hydrogen-bond donors (Lipinski definition) is 1. The van der Waals surface area contributed by atoms with Crippen LogP contribution in [0.3, 0.4) is 0 Å². The molecule has 18 heavy (non-hydrogen) atoms. The number of nitrogens with two attached hydrogens (primary N) is 1. The molecule has 100 valence electrons. The van der Waals surface area contributed by atoms with Crippen molar-refractivity contribution in [2.45, 2.75) is 38.6 Å². The highest BCUT2D eigenvalue weighted by atomic mass is 15.1. The van der Waals surface area contributed by atoms with Crippen LogP contribution in [0.4, 0.5) is 0 Å². The number of hydrogen-bond acceptors (Lipinski definition) is 2. The van der Waals surface area contributed by atoms with Gasteiger partial charge >= 0.3 is 0 Å². The van der Waals surface area contributed by atoms with Crippen LogP contribution in [0.1, 0.15) is 38.2 Å². The summed E-state index contributed by atoms with van der Waals surface area (Å²) in [6.45, 7) is 8.06. The first kappa shape index (κ1) is 13.6. The normalized spacial score (nSPS) is 27.1. The van der Waals surface area contributed by atoms with E-state index in [1.54, 1.807) is 0 Å². The van der Waals surface area contributed by atoms with Gasteiger partial charge in [-0.2, -0.15) is 0 Å². The van der Waals surface area contributed by atoms with Crippen molar-refractivity contribution in [3.8, 4) is 0 Å². The summed E-state index contributed by atoms with van der Waals surface area (Å²) in [5.74, 6) is 1.33. The van der Waals surface area contributed by atoms with E-state index >= 15 is 0 Å². The Bertz CT molecular complexity index is 349. The Morgan fingerprint density at radius 1 is 1.33 bits per heavy atom. The fourth-order valence-corrected chi connectivity index (χ4v) is 2.70. The van der Waals surface area contributed by atoms with Gasteiger partial charge in [0.2, 0.25) is 0 Å². The van der Waals surface area contributed by atoms with Gasteiger partial charge < -0.3 is 10.6 Å². The predicted octanol–water partition coefficient (Wildman–Crippen LogP) is 2.85. The number of rotatable bonds is 4. The number of benzene rings is 1. The largest absolute Gasteiger partial charge is 0.326 e. The summed E-state index contributed by atoms with van der Waals surface area (Å²) in [6, 6.07) is 11.2. The van der Waals surface area contributed by atoms with Crippen molar-refractivity contribution in [1.29, 1.82) is 0 Å². The van der Waals surface area contributed by atoms with Gasteiger partial charge in [-0.05, 0) is 43.3 Å². The van der Waals surface area contributed by atoms with Gasteiger partial charge in [0.25, 0.3) is 0 Å². The van der Waals surface area contributed by atoms with Crippen LogP contribution in [-0.2, 0) is 0 Å². The van der Waals surface area contributed by atoms with Crippen molar-refractivity contribution >= 4 is 0 Å². The smallest absolute Gasteiger partial charge is 0.0194 e. The molecule has 1 heterocycles. The van der Waals surface area contributed by atoms with Crippen molar-refractivity contribution in [1.82, 2.24) is 4.90 Å². The first-order chi connectivity index (χ1) is 8.66. The number of likely N-dealkylation sites (tertiary alicyclic amines) is 1. The zero-order valence-corrected chi connectivity index (χ0v) is 11.7. The van der Waals surface area contributed by atoms with Crippen LogP contribution in [0, 0.1) is 5.92 Å². The Morgan fingerprint density at radius 3 is 2.72 bits per heavy atom. The molecule has 0 spiro atoms. The summed E-state index contributed by atoms with van der Waals surface area (Å²) >= 11 is 0. The quantitative estimate of drug-likeness (QED) is 0.885. The highest BCUT2D eigenvalue weighted by Crippen LogP contribution is 2.21. The molecule has 1 saturated heterocycles. The molecular weight excluding hydrogens is 220 g/mol. The standard InChI is InChI=1S/C16H26N2/c1-13(15-6-4-3-5-7-15)8-10-18-11-9-14(2)16(17)12-18/h3-7,13-14,16H,8-12,17H2,1-2H3. The topological polar surface area (TPSA) is 29.3 Å². The lowest BCUT2D eigenvalue weighted by molar-refractivity contribution is 0.165. The molecule has 1 aliphatic rings. The third kappa shape index (κ3) is 3.56. The second kappa shape index (κ2) is 6.35. The van der Waals surface area contributed by atoms with E-state index in [2.05, 4.69) is 49.1 Å². The van der Waals surface area contributed by atoms with Gasteiger partial charge in [-0.3, -0.25) is 0 Å². The maximum atomic E-state index is 6.14. The Hall–Kier alpha value is -0.860. The lowest BCUT2D eigenvalue weighted by atomic mass is 9.93. The van der Waals surface area contributed by atoms with E-state index in [-0.39, 0.29) is 0 Å². The van der Waals surface area contributed by atoms with E-state index in [0.29, 0.717) is 17.9 Å². The van der Waals surface area contributed by atoms with Crippen LogP contribution in [0.25, 0.3) is 0 Å². The lowest BCUT2D eigenvalue weighted by Crippen LogP contribution is -2.47. The molecule has 0 aliphatic carbocycles. The predicted molar refractivity (Wildman–Crippen MR) is 77.7 cm³/mol. The summed E-state index contributed by atoms with van der Waals surface area (Å²) in [4.78, 5) is 2.53. The molecule has 0 saturated carbocycles. The molecule has 2 nitrogen and oxygen atoms in total. The summed E-state index contributed by atoms with van der Waals surface area (Å²) < 4.78 is 0. The molecule has 3 unspecified atom stereocenters. The number of nitrogens with zero attached hydrogens (tertiary/aromatic N) is 1. The molecule has 0 aromatic heterocycles. The highest BCUT2D eigenvalue weighted by molar-refractivity contribution is 5.18. The summed E-state index contributed by atoms with van der Waals surface area (Å²) in [6.07, 6.45) is 2.48. The van der Waals surface area contributed by atoms with Crippen molar-refractivity contribution in [2.75, 3.05) is 19.6 Å². The molecule has 1 aromatic carbocycles. The maximum absolute atomic E-state index is 6.14. The van der Waals surface area contributed by atoms with E-state index in [4.69, 9.17) is 5.73 Å². The second-order valence-electron chi connectivity index (χ2n) is 5.83. The average molecular weight is 246 g/mol. The molecule has 0 amide bonds. The molecule has 0 bridgehead atoms. The SMILES string of the molecule is CC(CCN1CCC(C)C(N)C1)c1ccccc1. The van der Waals surface area contributed by atoms with Crippen molar-refractivity contribution in [3.05, 3.63) is 35.9 Å². The van der Waals surface area contributed by atoms with Gasteiger partial charge in [0.15, 0.2) is 0 Å². The minimum absolute atomic E-state index is 0.366. The first-order valence-corrected chi connectivity index (χ1v) is 7.19. The van der Waals surface area contributed by atoms with Gasteiger partial charge in [-0.15, -0.1) is 0 Å². The molecule has 1 aliphatic heterocycles. The molecule has 1 aromatic rings. The van der Waals surface area contributed by atoms with Gasteiger partial charge in [0, 0.05) is 12.6 Å². The van der Waals surface area contributed by atoms with Crippen molar-refractivity contribution in [3.63, 3.8) is 0 Å². The van der Waals surface area contributed by atoms with E-state index in [1.807, 2.05) is 0 Å².